The van der Waals surface area contributed by atoms with Crippen LogP contribution in [0.1, 0.15) is 52.9 Å². The maximum absolute atomic E-state index is 10.0. The van der Waals surface area contributed by atoms with Crippen molar-refractivity contribution in [3.8, 4) is 0 Å². The Morgan fingerprint density at radius 3 is 2.62 bits per heavy atom. The van der Waals surface area contributed by atoms with Crippen LogP contribution in [0.3, 0.4) is 0 Å². The Kier molecular flexibility index (Phi) is 3.00. The van der Waals surface area contributed by atoms with Crippen molar-refractivity contribution in [2.45, 2.75) is 59.0 Å². The molecular formula is C15H24O. The van der Waals surface area contributed by atoms with E-state index in [1.807, 2.05) is 0 Å². The summed E-state index contributed by atoms with van der Waals surface area (Å²) in [7, 11) is 0. The molecule has 3 atom stereocenters. The van der Waals surface area contributed by atoms with E-state index in [9.17, 15) is 5.11 Å². The van der Waals surface area contributed by atoms with Gasteiger partial charge in [0, 0.05) is 5.41 Å². The molecule has 0 aromatic heterocycles. The summed E-state index contributed by atoms with van der Waals surface area (Å²) in [6.07, 6.45) is 5.35. The van der Waals surface area contributed by atoms with Gasteiger partial charge < -0.3 is 5.11 Å². The molecule has 0 amide bonds. The molecule has 1 spiro atoms. The molecular weight excluding hydrogens is 196 g/mol. The van der Waals surface area contributed by atoms with Crippen LogP contribution in [0.2, 0.25) is 0 Å². The molecule has 1 N–H and O–H groups in total. The zero-order valence-electron chi connectivity index (χ0n) is 10.8. The Bertz CT molecular complexity index is 335. The first-order valence-electron chi connectivity index (χ1n) is 6.50. The first-order valence-corrected chi connectivity index (χ1v) is 6.50. The topological polar surface area (TPSA) is 20.2 Å². The first-order chi connectivity index (χ1) is 7.47. The van der Waals surface area contributed by atoms with Gasteiger partial charge in [0.15, 0.2) is 0 Å². The van der Waals surface area contributed by atoms with Crippen LogP contribution in [0.5, 0.6) is 0 Å². The van der Waals surface area contributed by atoms with Crippen LogP contribution in [0.15, 0.2) is 23.3 Å². The second kappa shape index (κ2) is 4.03. The van der Waals surface area contributed by atoms with Crippen LogP contribution < -0.4 is 0 Å². The minimum Gasteiger partial charge on any atom is -0.389 e. The van der Waals surface area contributed by atoms with Crippen molar-refractivity contribution in [1.29, 1.82) is 0 Å². The normalized spacial score (nSPS) is 39.5. The van der Waals surface area contributed by atoms with Gasteiger partial charge in [-0.3, -0.25) is 0 Å². The minimum atomic E-state index is -0.257. The monoisotopic (exact) mass is 220 g/mol. The Morgan fingerprint density at radius 1 is 1.38 bits per heavy atom. The van der Waals surface area contributed by atoms with Gasteiger partial charge in [0.1, 0.15) is 0 Å². The number of hydrogen-bond acceptors (Lipinski definition) is 1. The van der Waals surface area contributed by atoms with Crippen molar-refractivity contribution < 1.29 is 5.11 Å². The molecule has 0 radical (unpaired) electrons. The Hall–Kier alpha value is -0.560. The average Bonchev–Trinajstić information content (AvgIpc) is 2.68. The van der Waals surface area contributed by atoms with E-state index in [-0.39, 0.29) is 11.5 Å². The number of hydrogen-bond donors (Lipinski definition) is 1. The van der Waals surface area contributed by atoms with Crippen molar-refractivity contribution in [3.63, 3.8) is 0 Å². The molecule has 2 saturated carbocycles. The average molecular weight is 220 g/mol. The lowest BCUT2D eigenvalue weighted by Crippen LogP contribution is -2.38. The molecule has 1 nitrogen and oxygen atoms in total. The molecule has 0 bridgehead atoms. The predicted octanol–water partition coefficient (Wildman–Crippen LogP) is 3.84. The zero-order chi connectivity index (χ0) is 11.9. The van der Waals surface area contributed by atoms with Gasteiger partial charge >= 0.3 is 0 Å². The van der Waals surface area contributed by atoms with Crippen LogP contribution in [-0.4, -0.2) is 11.2 Å². The lowest BCUT2D eigenvalue weighted by atomic mass is 9.62. The van der Waals surface area contributed by atoms with Crippen LogP contribution in [0.4, 0.5) is 0 Å². The predicted molar refractivity (Wildman–Crippen MR) is 68.2 cm³/mol. The van der Waals surface area contributed by atoms with Crippen molar-refractivity contribution in [2.24, 2.45) is 11.3 Å². The second-order valence-electron chi connectivity index (χ2n) is 5.96. The summed E-state index contributed by atoms with van der Waals surface area (Å²) in [6.45, 7) is 11.0. The first kappa shape index (κ1) is 11.9. The van der Waals surface area contributed by atoms with E-state index in [0.717, 1.165) is 24.8 Å². The third-order valence-corrected chi connectivity index (χ3v) is 4.97. The van der Waals surface area contributed by atoms with Gasteiger partial charge in [-0.15, -0.1) is 0 Å². The summed E-state index contributed by atoms with van der Waals surface area (Å²) in [5, 5.41) is 10.0. The highest BCUT2D eigenvalue weighted by Crippen LogP contribution is 2.56. The van der Waals surface area contributed by atoms with E-state index in [1.165, 1.54) is 18.4 Å². The number of rotatable bonds is 0. The molecule has 0 aromatic carbocycles. The van der Waals surface area contributed by atoms with Crippen LogP contribution in [0, 0.1) is 11.3 Å². The van der Waals surface area contributed by atoms with E-state index in [0.29, 0.717) is 5.92 Å². The van der Waals surface area contributed by atoms with Gasteiger partial charge in [-0.05, 0) is 57.4 Å². The third-order valence-electron chi connectivity index (χ3n) is 4.97. The summed E-state index contributed by atoms with van der Waals surface area (Å²) < 4.78 is 0. The highest BCUT2D eigenvalue weighted by molar-refractivity contribution is 5.30. The third kappa shape index (κ3) is 1.66. The van der Waals surface area contributed by atoms with E-state index >= 15 is 0 Å². The molecule has 0 aliphatic heterocycles. The molecule has 0 heterocycles. The number of aliphatic hydroxyl groups is 1. The molecule has 16 heavy (non-hydrogen) atoms. The number of aliphatic hydroxyl groups excluding tert-OH is 1. The van der Waals surface area contributed by atoms with Gasteiger partial charge in [0.25, 0.3) is 0 Å². The van der Waals surface area contributed by atoms with Gasteiger partial charge in [-0.1, -0.05) is 24.6 Å². The van der Waals surface area contributed by atoms with E-state index in [1.54, 1.807) is 5.57 Å². The van der Waals surface area contributed by atoms with Gasteiger partial charge in [0.05, 0.1) is 6.10 Å². The lowest BCUT2D eigenvalue weighted by molar-refractivity contribution is 0.0826. The van der Waals surface area contributed by atoms with Crippen LogP contribution in [-0.2, 0) is 0 Å². The molecule has 90 valence electrons. The van der Waals surface area contributed by atoms with Gasteiger partial charge in [-0.25, -0.2) is 0 Å². The van der Waals surface area contributed by atoms with Crippen molar-refractivity contribution in [1.82, 2.24) is 0 Å². The Balaban J connectivity index is 2.30. The summed E-state index contributed by atoms with van der Waals surface area (Å²) in [6, 6.07) is 0. The molecule has 0 aromatic rings. The van der Waals surface area contributed by atoms with Crippen LogP contribution in [0.25, 0.3) is 0 Å². The van der Waals surface area contributed by atoms with Crippen molar-refractivity contribution in [3.05, 3.63) is 23.3 Å². The minimum absolute atomic E-state index is 0.213. The Labute approximate surface area is 99.3 Å². The Morgan fingerprint density at radius 2 is 2.06 bits per heavy atom. The van der Waals surface area contributed by atoms with E-state index in [4.69, 9.17) is 0 Å². The molecule has 0 unspecified atom stereocenters. The fourth-order valence-electron chi connectivity index (χ4n) is 3.56. The fourth-order valence-corrected chi connectivity index (χ4v) is 3.56. The lowest BCUT2D eigenvalue weighted by Gasteiger charge is -2.44. The highest BCUT2D eigenvalue weighted by Gasteiger charge is 2.47. The number of allylic oxidation sites excluding steroid dienone is 2. The van der Waals surface area contributed by atoms with Gasteiger partial charge in [-0.2, -0.15) is 0 Å². The standard InChI is InChI=1S/C15H24O/c1-10(2)13-7-8-15(9-13)11(3)5-6-14(16)12(15)4/h11,14,16H,4-9H2,1-3H3/t11-,14-,15-/m1/s1. The summed E-state index contributed by atoms with van der Waals surface area (Å²) in [5.41, 5.74) is 4.39. The highest BCUT2D eigenvalue weighted by atomic mass is 16.3. The van der Waals surface area contributed by atoms with Crippen molar-refractivity contribution >= 4 is 0 Å². The van der Waals surface area contributed by atoms with E-state index in [2.05, 4.69) is 27.4 Å². The molecule has 2 aliphatic rings. The second-order valence-corrected chi connectivity index (χ2v) is 5.96. The molecule has 2 aliphatic carbocycles. The molecule has 2 rings (SSSR count). The summed E-state index contributed by atoms with van der Waals surface area (Å²) in [4.78, 5) is 0. The van der Waals surface area contributed by atoms with E-state index < -0.39 is 0 Å². The van der Waals surface area contributed by atoms with Crippen LogP contribution >= 0.6 is 0 Å². The maximum Gasteiger partial charge on any atom is 0.0753 e. The zero-order valence-corrected chi connectivity index (χ0v) is 10.8. The smallest absolute Gasteiger partial charge is 0.0753 e. The maximum atomic E-state index is 10.0. The summed E-state index contributed by atoms with van der Waals surface area (Å²) >= 11 is 0. The van der Waals surface area contributed by atoms with Gasteiger partial charge in [0.2, 0.25) is 0 Å². The molecule has 2 fully saturated rings. The quantitative estimate of drug-likeness (QED) is 0.615. The SMILES string of the molecule is C=C1[C@H](O)CC[C@@H](C)[C@]12CCC(=C(C)C)C2. The van der Waals surface area contributed by atoms with Crippen molar-refractivity contribution in [2.75, 3.05) is 0 Å². The largest absolute Gasteiger partial charge is 0.389 e. The molecule has 0 saturated heterocycles. The summed E-state index contributed by atoms with van der Waals surface area (Å²) in [5.74, 6) is 0.681. The molecule has 1 heteroatoms. The fraction of sp³-hybridized carbons (Fsp3) is 0.733.